The summed E-state index contributed by atoms with van der Waals surface area (Å²) in [5.41, 5.74) is 0. The van der Waals surface area contributed by atoms with Gasteiger partial charge in [0.15, 0.2) is 0 Å². The van der Waals surface area contributed by atoms with Crippen LogP contribution in [0.4, 0.5) is 0 Å². The van der Waals surface area contributed by atoms with Crippen LogP contribution in [0.3, 0.4) is 0 Å². The van der Waals surface area contributed by atoms with Gasteiger partial charge < -0.3 is 4.55 Å². The van der Waals surface area contributed by atoms with Crippen molar-refractivity contribution in [3.8, 4) is 0 Å². The van der Waals surface area contributed by atoms with Gasteiger partial charge in [-0.05, 0) is 0 Å². The molecule has 0 saturated carbocycles. The monoisotopic (exact) mass is 125 g/mol. The van der Waals surface area contributed by atoms with Gasteiger partial charge >= 0.3 is 0 Å². The van der Waals surface area contributed by atoms with Gasteiger partial charge in [0.05, 0.1) is 10.1 Å². The first-order valence-electron chi connectivity index (χ1n) is 1.91. The van der Waals surface area contributed by atoms with E-state index >= 15 is 0 Å². The maximum Gasteiger partial charge on any atom is 0.0916 e. The average molecular weight is 125 g/mol. The van der Waals surface area contributed by atoms with Gasteiger partial charge in [-0.25, -0.2) is 8.42 Å². The van der Waals surface area contributed by atoms with Gasteiger partial charge in [0.2, 0.25) is 0 Å². The smallest absolute Gasteiger partial charge is 0.0916 e. The molecule has 0 rings (SSSR count). The molecule has 0 spiro atoms. The van der Waals surface area contributed by atoms with E-state index in [-0.39, 0.29) is 0 Å². The van der Waals surface area contributed by atoms with E-state index in [0.717, 1.165) is 0 Å². The number of hydrogen-bond donors (Lipinski definition) is 0. The minimum Gasteiger partial charge on any atom is -0.748 e. The van der Waals surface area contributed by atoms with Crippen LogP contribution in [-0.2, 0) is 10.1 Å². The molecule has 0 aromatic heterocycles. The molecule has 0 heterocycles. The molecule has 0 amide bonds. The minimum atomic E-state index is -3.92. The highest BCUT2D eigenvalue weighted by atomic mass is 32.2. The third kappa shape index (κ3) is 11200. The number of hydrogen-bond acceptors (Lipinski definition) is 3. The summed E-state index contributed by atoms with van der Waals surface area (Å²) in [6.07, 6.45) is 0.604. The van der Waals surface area contributed by atoms with Crippen LogP contribution in [0.1, 0.15) is 13.8 Å². The molecule has 0 bridgehead atoms. The maximum atomic E-state index is 9.08. The summed E-state index contributed by atoms with van der Waals surface area (Å²) < 4.78 is 27.2. The zero-order valence-corrected chi connectivity index (χ0v) is 5.45. The summed E-state index contributed by atoms with van der Waals surface area (Å²) in [4.78, 5) is 0. The summed E-state index contributed by atoms with van der Waals surface area (Å²) >= 11 is 0. The standard InChI is InChI=1S/C2H6.CH4O3S/c1-2;1-5(2,3)4/h1-2H3;1H3,(H,2,3,4)/p-1. The summed E-state index contributed by atoms with van der Waals surface area (Å²) in [6, 6.07) is 0. The Morgan fingerprint density at radius 1 is 1.29 bits per heavy atom. The van der Waals surface area contributed by atoms with Crippen molar-refractivity contribution in [2.24, 2.45) is 0 Å². The molecule has 0 aliphatic heterocycles. The van der Waals surface area contributed by atoms with E-state index < -0.39 is 10.1 Å². The molecule has 7 heavy (non-hydrogen) atoms. The molecule has 0 aromatic carbocycles. The third-order valence-electron chi connectivity index (χ3n) is 0. The predicted molar refractivity (Wildman–Crippen MR) is 27.0 cm³/mol. The van der Waals surface area contributed by atoms with Crippen molar-refractivity contribution in [2.75, 3.05) is 6.26 Å². The fraction of sp³-hybridized carbons (Fsp3) is 1.00. The zero-order valence-electron chi connectivity index (χ0n) is 4.63. The lowest BCUT2D eigenvalue weighted by atomic mass is 11.0. The Bertz CT molecular complexity index is 93.3. The van der Waals surface area contributed by atoms with Gasteiger partial charge in [-0.15, -0.1) is 0 Å². The molecule has 0 aliphatic rings. The molecule has 0 unspecified atom stereocenters. The second-order valence-corrected chi connectivity index (χ2v) is 2.11. The summed E-state index contributed by atoms with van der Waals surface area (Å²) in [6.45, 7) is 4.00. The van der Waals surface area contributed by atoms with Gasteiger partial charge in [-0.3, -0.25) is 0 Å². The molecular formula is C3H9O3S-. The van der Waals surface area contributed by atoms with E-state index in [1.54, 1.807) is 0 Å². The first-order chi connectivity index (χ1) is 3.00. The molecule has 0 atom stereocenters. The van der Waals surface area contributed by atoms with E-state index in [1.807, 2.05) is 13.8 Å². The molecule has 3 nitrogen and oxygen atoms in total. The van der Waals surface area contributed by atoms with Crippen molar-refractivity contribution in [1.29, 1.82) is 0 Å². The lowest BCUT2D eigenvalue weighted by Crippen LogP contribution is -1.88. The molecule has 0 N–H and O–H groups in total. The maximum absolute atomic E-state index is 9.08. The van der Waals surface area contributed by atoms with Crippen molar-refractivity contribution >= 4 is 10.1 Å². The van der Waals surface area contributed by atoms with Gasteiger partial charge in [0.1, 0.15) is 0 Å². The molecule has 0 radical (unpaired) electrons. The second-order valence-electron chi connectivity index (χ2n) is 0.704. The van der Waals surface area contributed by atoms with E-state index in [1.165, 1.54) is 0 Å². The minimum absolute atomic E-state index is 0.604. The van der Waals surface area contributed by atoms with E-state index in [4.69, 9.17) is 13.0 Å². The van der Waals surface area contributed by atoms with Crippen LogP contribution in [0.15, 0.2) is 0 Å². The third-order valence-corrected chi connectivity index (χ3v) is 0. The van der Waals surface area contributed by atoms with Gasteiger partial charge in [0.25, 0.3) is 0 Å². The van der Waals surface area contributed by atoms with E-state index in [0.29, 0.717) is 6.26 Å². The Hall–Kier alpha value is -0.0900. The van der Waals surface area contributed by atoms with Crippen LogP contribution in [0.25, 0.3) is 0 Å². The SMILES string of the molecule is CC.CS(=O)(=O)[O-]. The molecule has 4 heteroatoms. The van der Waals surface area contributed by atoms with Crippen LogP contribution >= 0.6 is 0 Å². The Morgan fingerprint density at radius 2 is 1.29 bits per heavy atom. The second kappa shape index (κ2) is 4.08. The topological polar surface area (TPSA) is 57.2 Å². The Labute approximate surface area is 44.1 Å². The molecule has 0 saturated heterocycles. The fourth-order valence-electron chi connectivity index (χ4n) is 0. The quantitative estimate of drug-likeness (QED) is 0.434. The molecule has 0 fully saturated rings. The van der Waals surface area contributed by atoms with Gasteiger partial charge in [-0.1, -0.05) is 13.8 Å². The highest BCUT2D eigenvalue weighted by Gasteiger charge is 1.65. The largest absolute Gasteiger partial charge is 0.748 e. The van der Waals surface area contributed by atoms with Crippen molar-refractivity contribution in [3.63, 3.8) is 0 Å². The van der Waals surface area contributed by atoms with Crippen molar-refractivity contribution in [1.82, 2.24) is 0 Å². The van der Waals surface area contributed by atoms with Crippen molar-refractivity contribution in [3.05, 3.63) is 0 Å². The van der Waals surface area contributed by atoms with Crippen LogP contribution in [0.5, 0.6) is 0 Å². The lowest BCUT2D eigenvalue weighted by molar-refractivity contribution is 0.470. The molecule has 46 valence electrons. The molecule has 0 aliphatic carbocycles. The van der Waals surface area contributed by atoms with Crippen LogP contribution < -0.4 is 0 Å². The van der Waals surface area contributed by atoms with E-state index in [9.17, 15) is 0 Å². The fourth-order valence-corrected chi connectivity index (χ4v) is 0. The normalized spacial score (nSPS) is 9.14. The van der Waals surface area contributed by atoms with Crippen LogP contribution in [0, 0.1) is 0 Å². The van der Waals surface area contributed by atoms with Crippen molar-refractivity contribution in [2.45, 2.75) is 13.8 Å². The van der Waals surface area contributed by atoms with Gasteiger partial charge in [0, 0.05) is 6.26 Å². The number of rotatable bonds is 0. The summed E-state index contributed by atoms with van der Waals surface area (Å²) in [5, 5.41) is 0. The van der Waals surface area contributed by atoms with Gasteiger partial charge in [-0.2, -0.15) is 0 Å². The summed E-state index contributed by atoms with van der Waals surface area (Å²) in [7, 11) is -3.92. The van der Waals surface area contributed by atoms with Crippen LogP contribution in [0.2, 0.25) is 0 Å². The predicted octanol–water partition coefficient (Wildman–Crippen LogP) is 0.188. The Morgan fingerprint density at radius 3 is 1.29 bits per heavy atom. The first-order valence-corrected chi connectivity index (χ1v) is 3.72. The molecule has 0 aromatic rings. The summed E-state index contributed by atoms with van der Waals surface area (Å²) in [5.74, 6) is 0. The highest BCUT2D eigenvalue weighted by molar-refractivity contribution is 7.84. The first kappa shape index (κ1) is 10.0. The lowest BCUT2D eigenvalue weighted by Gasteiger charge is -1.90. The Balaban J connectivity index is 0. The average Bonchev–Trinajstić information content (AvgIpc) is 1.36. The highest BCUT2D eigenvalue weighted by Crippen LogP contribution is 1.59. The van der Waals surface area contributed by atoms with Crippen LogP contribution in [-0.4, -0.2) is 19.2 Å². The van der Waals surface area contributed by atoms with Crippen molar-refractivity contribution < 1.29 is 13.0 Å². The zero-order chi connectivity index (χ0) is 6.50. The Kier molecular flexibility index (Phi) is 5.83. The van der Waals surface area contributed by atoms with E-state index in [2.05, 4.69) is 0 Å². The molecular weight excluding hydrogens is 116 g/mol.